The molecule has 0 bridgehead atoms. The molecule has 84 valence electrons. The summed E-state index contributed by atoms with van der Waals surface area (Å²) in [4.78, 5) is 21.6. The fourth-order valence-corrected chi connectivity index (χ4v) is 1.33. The van der Waals surface area contributed by atoms with Crippen LogP contribution in [0.3, 0.4) is 0 Å². The van der Waals surface area contributed by atoms with Gasteiger partial charge in [0.15, 0.2) is 0 Å². The molecule has 0 aliphatic carbocycles. The number of non-ortho nitro benzene ring substituents is 1. The molecule has 16 heavy (non-hydrogen) atoms. The number of benzene rings is 1. The molecule has 0 aliphatic heterocycles. The fraction of sp³-hybridized carbons (Fsp3) is 0.182. The molecule has 5 nitrogen and oxygen atoms in total. The van der Waals surface area contributed by atoms with E-state index in [2.05, 4.69) is 11.9 Å². The van der Waals surface area contributed by atoms with Crippen LogP contribution in [0, 0.1) is 10.1 Å². The van der Waals surface area contributed by atoms with Gasteiger partial charge in [0.2, 0.25) is 0 Å². The molecular weight excluding hydrogens is 208 g/mol. The number of rotatable bonds is 3. The van der Waals surface area contributed by atoms with Crippen molar-refractivity contribution in [2.75, 3.05) is 7.05 Å². The summed E-state index contributed by atoms with van der Waals surface area (Å²) in [7, 11) is 1.51. The van der Waals surface area contributed by atoms with E-state index in [1.54, 1.807) is 6.92 Å². The Morgan fingerprint density at radius 3 is 2.50 bits per heavy atom. The molecule has 1 aromatic carbocycles. The van der Waals surface area contributed by atoms with Crippen LogP contribution in [-0.4, -0.2) is 17.9 Å². The Bertz CT molecular complexity index is 466. The average molecular weight is 220 g/mol. The molecule has 1 aromatic rings. The quantitative estimate of drug-likeness (QED) is 0.625. The van der Waals surface area contributed by atoms with Gasteiger partial charge in [-0.05, 0) is 18.6 Å². The lowest BCUT2D eigenvalue weighted by Crippen LogP contribution is -2.19. The van der Waals surface area contributed by atoms with Gasteiger partial charge < -0.3 is 5.32 Å². The number of allylic oxidation sites excluding steroid dienone is 1. The van der Waals surface area contributed by atoms with Crippen molar-refractivity contribution < 1.29 is 9.72 Å². The first-order valence-corrected chi connectivity index (χ1v) is 4.63. The normalized spacial score (nSPS) is 9.62. The van der Waals surface area contributed by atoms with E-state index in [4.69, 9.17) is 0 Å². The monoisotopic (exact) mass is 220 g/mol. The third-order valence-electron chi connectivity index (χ3n) is 2.15. The van der Waals surface area contributed by atoms with Crippen LogP contribution in [0.1, 0.15) is 22.8 Å². The van der Waals surface area contributed by atoms with Crippen LogP contribution in [0.15, 0.2) is 24.8 Å². The molecule has 0 unspecified atom stereocenters. The summed E-state index contributed by atoms with van der Waals surface area (Å²) in [6.45, 7) is 5.40. The number of carbonyl (C=O) groups excluding carboxylic acids is 1. The number of amides is 1. The highest BCUT2D eigenvalue weighted by atomic mass is 16.6. The van der Waals surface area contributed by atoms with E-state index in [1.807, 2.05) is 0 Å². The summed E-state index contributed by atoms with van der Waals surface area (Å²) >= 11 is 0. The lowest BCUT2D eigenvalue weighted by Gasteiger charge is -2.07. The minimum Gasteiger partial charge on any atom is -0.355 e. The Morgan fingerprint density at radius 2 is 2.06 bits per heavy atom. The van der Waals surface area contributed by atoms with E-state index in [0.29, 0.717) is 16.7 Å². The van der Waals surface area contributed by atoms with Gasteiger partial charge in [0.25, 0.3) is 11.6 Å². The van der Waals surface area contributed by atoms with Gasteiger partial charge in [-0.3, -0.25) is 14.9 Å². The third-order valence-corrected chi connectivity index (χ3v) is 2.15. The van der Waals surface area contributed by atoms with Gasteiger partial charge in [0.1, 0.15) is 0 Å². The highest BCUT2D eigenvalue weighted by Crippen LogP contribution is 2.23. The topological polar surface area (TPSA) is 72.2 Å². The molecule has 0 spiro atoms. The standard InChI is InChI=1S/C11H12N2O3/c1-7(2)10-6-8(13(15)16)4-5-9(10)11(14)12-3/h4-6H,1H2,2-3H3,(H,12,14). The van der Waals surface area contributed by atoms with Gasteiger partial charge in [0.05, 0.1) is 4.92 Å². The lowest BCUT2D eigenvalue weighted by atomic mass is 10.0. The Morgan fingerprint density at radius 1 is 1.44 bits per heavy atom. The molecule has 1 rings (SSSR count). The third kappa shape index (κ3) is 2.25. The van der Waals surface area contributed by atoms with Gasteiger partial charge in [-0.1, -0.05) is 12.2 Å². The first-order chi connectivity index (χ1) is 7.47. The Kier molecular flexibility index (Phi) is 3.40. The molecule has 5 heteroatoms. The summed E-state index contributed by atoms with van der Waals surface area (Å²) in [5.74, 6) is -0.284. The van der Waals surface area contributed by atoms with Gasteiger partial charge in [-0.25, -0.2) is 0 Å². The van der Waals surface area contributed by atoms with E-state index in [0.717, 1.165) is 0 Å². The maximum atomic E-state index is 11.5. The predicted octanol–water partition coefficient (Wildman–Crippen LogP) is 1.99. The molecule has 0 saturated carbocycles. The van der Waals surface area contributed by atoms with Crippen molar-refractivity contribution in [3.05, 3.63) is 46.0 Å². The number of nitro benzene ring substituents is 1. The number of nitrogens with zero attached hydrogens (tertiary/aromatic N) is 1. The van der Waals surface area contributed by atoms with E-state index < -0.39 is 4.92 Å². The second-order valence-electron chi connectivity index (χ2n) is 3.35. The second kappa shape index (κ2) is 4.57. The van der Waals surface area contributed by atoms with Crippen molar-refractivity contribution in [1.29, 1.82) is 0 Å². The SMILES string of the molecule is C=C(C)c1cc([N+](=O)[O-])ccc1C(=O)NC. The minimum atomic E-state index is -0.500. The molecular formula is C11H12N2O3. The lowest BCUT2D eigenvalue weighted by molar-refractivity contribution is -0.384. The first-order valence-electron chi connectivity index (χ1n) is 4.63. The van der Waals surface area contributed by atoms with Crippen molar-refractivity contribution in [3.63, 3.8) is 0 Å². The van der Waals surface area contributed by atoms with Crippen LogP contribution in [0.4, 0.5) is 5.69 Å². The van der Waals surface area contributed by atoms with Crippen LogP contribution in [-0.2, 0) is 0 Å². The Hall–Kier alpha value is -2.17. The summed E-state index contributed by atoms with van der Waals surface area (Å²) in [5, 5.41) is 13.1. The predicted molar refractivity (Wildman–Crippen MR) is 61.2 cm³/mol. The van der Waals surface area contributed by atoms with E-state index in [1.165, 1.54) is 25.2 Å². The van der Waals surface area contributed by atoms with Crippen molar-refractivity contribution in [2.24, 2.45) is 0 Å². The average Bonchev–Trinajstić information content (AvgIpc) is 2.26. The summed E-state index contributed by atoms with van der Waals surface area (Å²) < 4.78 is 0. The zero-order valence-corrected chi connectivity index (χ0v) is 9.11. The summed E-state index contributed by atoms with van der Waals surface area (Å²) in [6, 6.07) is 4.09. The molecule has 0 heterocycles. The second-order valence-corrected chi connectivity index (χ2v) is 3.35. The van der Waals surface area contributed by atoms with Crippen molar-refractivity contribution >= 4 is 17.2 Å². The highest BCUT2D eigenvalue weighted by Gasteiger charge is 2.15. The van der Waals surface area contributed by atoms with Crippen LogP contribution in [0.5, 0.6) is 0 Å². The molecule has 0 aromatic heterocycles. The number of carbonyl (C=O) groups is 1. The van der Waals surface area contributed by atoms with Gasteiger partial charge >= 0.3 is 0 Å². The Labute approximate surface area is 92.9 Å². The molecule has 0 fully saturated rings. The maximum Gasteiger partial charge on any atom is 0.270 e. The Balaban J connectivity index is 3.36. The minimum absolute atomic E-state index is 0.0503. The number of hydrogen-bond donors (Lipinski definition) is 1. The van der Waals surface area contributed by atoms with Crippen LogP contribution in [0.25, 0.3) is 5.57 Å². The van der Waals surface area contributed by atoms with Crippen molar-refractivity contribution in [1.82, 2.24) is 5.32 Å². The molecule has 1 amide bonds. The smallest absolute Gasteiger partial charge is 0.270 e. The molecule has 0 atom stereocenters. The molecule has 1 N–H and O–H groups in total. The maximum absolute atomic E-state index is 11.5. The number of nitro groups is 1. The number of hydrogen-bond acceptors (Lipinski definition) is 3. The van der Waals surface area contributed by atoms with Gasteiger partial charge in [-0.15, -0.1) is 0 Å². The molecule has 0 saturated heterocycles. The fourth-order valence-electron chi connectivity index (χ4n) is 1.33. The van der Waals surface area contributed by atoms with E-state index in [9.17, 15) is 14.9 Å². The molecule has 0 radical (unpaired) electrons. The van der Waals surface area contributed by atoms with E-state index in [-0.39, 0.29) is 11.6 Å². The first kappa shape index (κ1) is 11.9. The van der Waals surface area contributed by atoms with E-state index >= 15 is 0 Å². The van der Waals surface area contributed by atoms with Crippen LogP contribution in [0.2, 0.25) is 0 Å². The van der Waals surface area contributed by atoms with Crippen molar-refractivity contribution in [2.45, 2.75) is 6.92 Å². The van der Waals surface area contributed by atoms with Crippen LogP contribution >= 0.6 is 0 Å². The largest absolute Gasteiger partial charge is 0.355 e. The zero-order valence-electron chi connectivity index (χ0n) is 9.11. The molecule has 0 aliphatic rings. The highest BCUT2D eigenvalue weighted by molar-refractivity contribution is 5.99. The zero-order chi connectivity index (χ0) is 12.3. The van der Waals surface area contributed by atoms with Crippen LogP contribution < -0.4 is 5.32 Å². The number of nitrogens with one attached hydrogen (secondary N) is 1. The van der Waals surface area contributed by atoms with Gasteiger partial charge in [-0.2, -0.15) is 0 Å². The summed E-state index contributed by atoms with van der Waals surface area (Å²) in [5.41, 5.74) is 1.45. The van der Waals surface area contributed by atoms with Crippen molar-refractivity contribution in [3.8, 4) is 0 Å². The summed E-state index contributed by atoms with van der Waals surface area (Å²) in [6.07, 6.45) is 0. The van der Waals surface area contributed by atoms with Gasteiger partial charge in [0, 0.05) is 24.7 Å².